The van der Waals surface area contributed by atoms with Crippen LogP contribution in [-0.2, 0) is 6.42 Å². The van der Waals surface area contributed by atoms with Crippen LogP contribution in [0.1, 0.15) is 12.0 Å². The highest BCUT2D eigenvalue weighted by molar-refractivity contribution is 7.59. The van der Waals surface area contributed by atoms with Crippen molar-refractivity contribution in [3.63, 3.8) is 0 Å². The SMILES string of the molecule is COc1ccc(C[C@H]2CCNC2)cn1.S. The maximum absolute atomic E-state index is 5.02. The van der Waals surface area contributed by atoms with Crippen LogP contribution in [0.2, 0.25) is 0 Å². The summed E-state index contributed by atoms with van der Waals surface area (Å²) in [5, 5.41) is 3.37. The molecule has 1 N–H and O–H groups in total. The van der Waals surface area contributed by atoms with E-state index in [-0.39, 0.29) is 13.5 Å². The van der Waals surface area contributed by atoms with Crippen molar-refractivity contribution in [1.29, 1.82) is 0 Å². The van der Waals surface area contributed by atoms with E-state index in [1.807, 2.05) is 12.3 Å². The summed E-state index contributed by atoms with van der Waals surface area (Å²) in [6, 6.07) is 4.03. The third-order valence-electron chi connectivity index (χ3n) is 2.69. The molecule has 0 unspecified atom stereocenters. The van der Waals surface area contributed by atoms with Crippen LogP contribution in [0.4, 0.5) is 0 Å². The fraction of sp³-hybridized carbons (Fsp3) is 0.545. The van der Waals surface area contributed by atoms with Gasteiger partial charge in [-0.05, 0) is 37.4 Å². The zero-order chi connectivity index (χ0) is 9.80. The third kappa shape index (κ3) is 3.39. The topological polar surface area (TPSA) is 34.1 Å². The van der Waals surface area contributed by atoms with Crippen LogP contribution in [0.5, 0.6) is 5.88 Å². The molecular weight excluding hydrogens is 208 g/mol. The molecule has 15 heavy (non-hydrogen) atoms. The Bertz CT molecular complexity index is 283. The second-order valence-electron chi connectivity index (χ2n) is 3.77. The number of rotatable bonds is 3. The average molecular weight is 226 g/mol. The molecule has 0 saturated carbocycles. The van der Waals surface area contributed by atoms with Crippen molar-refractivity contribution in [3.05, 3.63) is 23.9 Å². The largest absolute Gasteiger partial charge is 0.481 e. The molecule has 2 heterocycles. The Morgan fingerprint density at radius 1 is 1.53 bits per heavy atom. The first-order valence-corrected chi connectivity index (χ1v) is 5.08. The second-order valence-corrected chi connectivity index (χ2v) is 3.77. The molecule has 84 valence electrons. The molecule has 3 nitrogen and oxygen atoms in total. The smallest absolute Gasteiger partial charge is 0.212 e. The molecule has 1 aliphatic heterocycles. The summed E-state index contributed by atoms with van der Waals surface area (Å²) >= 11 is 0. The molecule has 2 rings (SSSR count). The predicted octanol–water partition coefficient (Wildman–Crippen LogP) is 1.35. The highest BCUT2D eigenvalue weighted by Crippen LogP contribution is 2.15. The molecule has 1 fully saturated rings. The summed E-state index contributed by atoms with van der Waals surface area (Å²) in [7, 11) is 1.64. The summed E-state index contributed by atoms with van der Waals surface area (Å²) in [5.74, 6) is 1.48. The molecule has 4 heteroatoms. The molecule has 1 atom stereocenters. The number of nitrogens with one attached hydrogen (secondary N) is 1. The Labute approximate surface area is 97.7 Å². The fourth-order valence-corrected chi connectivity index (χ4v) is 1.87. The van der Waals surface area contributed by atoms with Crippen molar-refractivity contribution in [2.24, 2.45) is 5.92 Å². The lowest BCUT2D eigenvalue weighted by atomic mass is 10.0. The quantitative estimate of drug-likeness (QED) is 0.845. The van der Waals surface area contributed by atoms with Gasteiger partial charge in [0.2, 0.25) is 5.88 Å². The average Bonchev–Trinajstić information content (AvgIpc) is 2.72. The standard InChI is InChI=1S/C11H16N2O.H2S/c1-14-11-3-2-9(8-13-11)6-10-4-5-12-7-10;/h2-3,8,10,12H,4-7H2,1H3;1H2/t10-;/m1./s1. The first-order valence-electron chi connectivity index (χ1n) is 5.08. The Hall–Kier alpha value is -0.740. The molecule has 0 radical (unpaired) electrons. The van der Waals surface area contributed by atoms with Crippen molar-refractivity contribution < 1.29 is 4.74 Å². The minimum Gasteiger partial charge on any atom is -0.481 e. The predicted molar refractivity (Wildman–Crippen MR) is 65.9 cm³/mol. The van der Waals surface area contributed by atoms with Crippen LogP contribution in [0, 0.1) is 5.92 Å². The molecular formula is C11H18N2OS. The number of methoxy groups -OCH3 is 1. The lowest BCUT2D eigenvalue weighted by molar-refractivity contribution is 0.397. The minimum atomic E-state index is 0. The molecule has 0 aliphatic carbocycles. The van der Waals surface area contributed by atoms with E-state index in [1.54, 1.807) is 7.11 Å². The lowest BCUT2D eigenvalue weighted by Gasteiger charge is -2.07. The monoisotopic (exact) mass is 226 g/mol. The van der Waals surface area contributed by atoms with Gasteiger partial charge < -0.3 is 10.1 Å². The van der Waals surface area contributed by atoms with Gasteiger partial charge in [-0.1, -0.05) is 6.07 Å². The molecule has 0 spiro atoms. The molecule has 1 saturated heterocycles. The van der Waals surface area contributed by atoms with Crippen molar-refractivity contribution >= 4 is 13.5 Å². The van der Waals surface area contributed by atoms with Gasteiger partial charge >= 0.3 is 0 Å². The molecule has 1 aliphatic rings. The number of ether oxygens (including phenoxy) is 1. The number of nitrogens with zero attached hydrogens (tertiary/aromatic N) is 1. The van der Waals surface area contributed by atoms with Gasteiger partial charge in [0, 0.05) is 12.3 Å². The van der Waals surface area contributed by atoms with Crippen molar-refractivity contribution in [2.45, 2.75) is 12.8 Å². The van der Waals surface area contributed by atoms with E-state index in [2.05, 4.69) is 16.4 Å². The number of hydrogen-bond acceptors (Lipinski definition) is 3. The van der Waals surface area contributed by atoms with Gasteiger partial charge in [-0.15, -0.1) is 0 Å². The molecule has 1 aromatic heterocycles. The maximum atomic E-state index is 5.02. The van der Waals surface area contributed by atoms with Gasteiger partial charge in [-0.25, -0.2) is 4.98 Å². The lowest BCUT2D eigenvalue weighted by Crippen LogP contribution is -2.10. The number of hydrogen-bond donors (Lipinski definition) is 1. The van der Waals surface area contributed by atoms with Gasteiger partial charge in [-0.2, -0.15) is 13.5 Å². The normalized spacial score (nSPS) is 19.7. The fourth-order valence-electron chi connectivity index (χ4n) is 1.87. The second kappa shape index (κ2) is 5.98. The Kier molecular flexibility index (Phi) is 4.91. The molecule has 0 aromatic carbocycles. The van der Waals surface area contributed by atoms with E-state index in [1.165, 1.54) is 12.0 Å². The van der Waals surface area contributed by atoms with Crippen LogP contribution in [0.15, 0.2) is 18.3 Å². The van der Waals surface area contributed by atoms with E-state index >= 15 is 0 Å². The van der Waals surface area contributed by atoms with E-state index in [0.29, 0.717) is 5.88 Å². The van der Waals surface area contributed by atoms with Gasteiger partial charge in [0.05, 0.1) is 7.11 Å². The number of pyridine rings is 1. The molecule has 0 amide bonds. The van der Waals surface area contributed by atoms with E-state index in [9.17, 15) is 0 Å². The van der Waals surface area contributed by atoms with Crippen LogP contribution in [0.25, 0.3) is 0 Å². The van der Waals surface area contributed by atoms with Crippen LogP contribution >= 0.6 is 13.5 Å². The van der Waals surface area contributed by atoms with E-state index in [4.69, 9.17) is 4.74 Å². The zero-order valence-corrected chi connectivity index (χ0v) is 9.99. The van der Waals surface area contributed by atoms with Crippen molar-refractivity contribution in [3.8, 4) is 5.88 Å². The Morgan fingerprint density at radius 3 is 2.93 bits per heavy atom. The maximum Gasteiger partial charge on any atom is 0.212 e. The minimum absolute atomic E-state index is 0. The van der Waals surface area contributed by atoms with Crippen molar-refractivity contribution in [2.75, 3.05) is 20.2 Å². The highest BCUT2D eigenvalue weighted by atomic mass is 32.1. The Balaban J connectivity index is 0.00000112. The van der Waals surface area contributed by atoms with Crippen LogP contribution < -0.4 is 10.1 Å². The van der Waals surface area contributed by atoms with Gasteiger partial charge in [0.1, 0.15) is 0 Å². The van der Waals surface area contributed by atoms with Crippen molar-refractivity contribution in [1.82, 2.24) is 10.3 Å². The van der Waals surface area contributed by atoms with E-state index < -0.39 is 0 Å². The summed E-state index contributed by atoms with van der Waals surface area (Å²) < 4.78 is 5.02. The first kappa shape index (κ1) is 12.3. The van der Waals surface area contributed by atoms with E-state index in [0.717, 1.165) is 25.4 Å². The van der Waals surface area contributed by atoms with Gasteiger partial charge in [0.25, 0.3) is 0 Å². The molecule has 0 bridgehead atoms. The number of aromatic nitrogens is 1. The van der Waals surface area contributed by atoms with Gasteiger partial charge in [0.15, 0.2) is 0 Å². The third-order valence-corrected chi connectivity index (χ3v) is 2.69. The first-order chi connectivity index (χ1) is 6.88. The summed E-state index contributed by atoms with van der Waals surface area (Å²) in [4.78, 5) is 4.20. The van der Waals surface area contributed by atoms with Crippen LogP contribution in [0.3, 0.4) is 0 Å². The highest BCUT2D eigenvalue weighted by Gasteiger charge is 2.14. The summed E-state index contributed by atoms with van der Waals surface area (Å²) in [5.41, 5.74) is 1.31. The Morgan fingerprint density at radius 2 is 2.40 bits per heavy atom. The summed E-state index contributed by atoms with van der Waals surface area (Å²) in [6.45, 7) is 2.31. The summed E-state index contributed by atoms with van der Waals surface area (Å²) in [6.07, 6.45) is 4.33. The van der Waals surface area contributed by atoms with Gasteiger partial charge in [-0.3, -0.25) is 0 Å². The zero-order valence-electron chi connectivity index (χ0n) is 8.99. The van der Waals surface area contributed by atoms with Crippen LogP contribution in [-0.4, -0.2) is 25.2 Å². The molecule has 1 aromatic rings.